The largest absolute Gasteiger partial charge is 0.406 e. The monoisotopic (exact) mass is 255 g/mol. The third kappa shape index (κ3) is 2.45. The number of anilines is 1. The standard InChI is InChI=1S/C11H21N5O2/c1-5-11(6-2,7-12)14-10-9(16(17)18)13-8(3)15(10)4/h14H,5-7,12H2,1-4H3. The van der Waals surface area contributed by atoms with Gasteiger partial charge in [0.15, 0.2) is 0 Å². The van der Waals surface area contributed by atoms with Crippen molar-refractivity contribution >= 4 is 11.6 Å². The fraction of sp³-hybridized carbons (Fsp3) is 0.727. The molecule has 0 aromatic carbocycles. The highest BCUT2D eigenvalue weighted by Gasteiger charge is 2.31. The minimum atomic E-state index is -0.470. The number of nitrogens with one attached hydrogen (secondary N) is 1. The van der Waals surface area contributed by atoms with E-state index in [2.05, 4.69) is 10.3 Å². The Bertz CT molecular complexity index is 429. The zero-order valence-corrected chi connectivity index (χ0v) is 11.4. The van der Waals surface area contributed by atoms with Crippen molar-refractivity contribution in [2.24, 2.45) is 12.8 Å². The molecule has 0 aliphatic rings. The number of nitrogens with two attached hydrogens (primary N) is 1. The fourth-order valence-corrected chi connectivity index (χ4v) is 1.88. The van der Waals surface area contributed by atoms with Gasteiger partial charge in [0, 0.05) is 20.5 Å². The van der Waals surface area contributed by atoms with Crippen LogP contribution in [0, 0.1) is 17.0 Å². The molecule has 102 valence electrons. The Morgan fingerprint density at radius 2 is 2.06 bits per heavy atom. The second-order valence-corrected chi connectivity index (χ2v) is 4.46. The number of nitro groups is 1. The van der Waals surface area contributed by atoms with Gasteiger partial charge in [0.1, 0.15) is 0 Å². The predicted octanol–water partition coefficient (Wildman–Crippen LogP) is 1.57. The maximum atomic E-state index is 11.0. The molecule has 0 radical (unpaired) electrons. The minimum Gasteiger partial charge on any atom is -0.358 e. The van der Waals surface area contributed by atoms with Crippen molar-refractivity contribution in [1.82, 2.24) is 9.55 Å². The molecular weight excluding hydrogens is 234 g/mol. The van der Waals surface area contributed by atoms with Gasteiger partial charge in [-0.05, 0) is 22.7 Å². The molecule has 7 nitrogen and oxygen atoms in total. The van der Waals surface area contributed by atoms with E-state index < -0.39 is 4.92 Å². The third-order valence-corrected chi connectivity index (χ3v) is 3.60. The van der Waals surface area contributed by atoms with E-state index in [0.717, 1.165) is 12.8 Å². The van der Waals surface area contributed by atoms with Crippen LogP contribution in [0.4, 0.5) is 11.6 Å². The van der Waals surface area contributed by atoms with E-state index in [0.29, 0.717) is 18.2 Å². The third-order valence-electron chi connectivity index (χ3n) is 3.60. The van der Waals surface area contributed by atoms with Gasteiger partial charge in [-0.2, -0.15) is 0 Å². The SMILES string of the molecule is CCC(CC)(CN)Nc1c([N+](=O)[O-])nc(C)n1C. The van der Waals surface area contributed by atoms with Gasteiger partial charge in [-0.3, -0.25) is 4.57 Å². The lowest BCUT2D eigenvalue weighted by Crippen LogP contribution is -2.45. The van der Waals surface area contributed by atoms with Crippen molar-refractivity contribution < 1.29 is 4.92 Å². The summed E-state index contributed by atoms with van der Waals surface area (Å²) in [7, 11) is 1.75. The first kappa shape index (κ1) is 14.4. The number of imidazole rings is 1. The zero-order valence-electron chi connectivity index (χ0n) is 11.4. The molecule has 0 amide bonds. The van der Waals surface area contributed by atoms with Crippen molar-refractivity contribution in [2.45, 2.75) is 39.2 Å². The first-order valence-corrected chi connectivity index (χ1v) is 6.06. The molecule has 0 spiro atoms. The molecule has 1 aromatic rings. The Hall–Kier alpha value is -1.63. The smallest absolute Gasteiger partial charge is 0.358 e. The van der Waals surface area contributed by atoms with Crippen LogP contribution in [0.2, 0.25) is 0 Å². The number of hydrogen-bond donors (Lipinski definition) is 2. The van der Waals surface area contributed by atoms with Gasteiger partial charge < -0.3 is 21.2 Å². The highest BCUT2D eigenvalue weighted by Crippen LogP contribution is 2.29. The second kappa shape index (κ2) is 5.34. The van der Waals surface area contributed by atoms with E-state index in [9.17, 15) is 10.1 Å². The molecule has 0 bridgehead atoms. The molecule has 0 fully saturated rings. The Morgan fingerprint density at radius 3 is 2.44 bits per heavy atom. The van der Waals surface area contributed by atoms with E-state index in [-0.39, 0.29) is 11.4 Å². The normalized spacial score (nSPS) is 11.6. The van der Waals surface area contributed by atoms with Crippen LogP contribution < -0.4 is 11.1 Å². The van der Waals surface area contributed by atoms with E-state index >= 15 is 0 Å². The van der Waals surface area contributed by atoms with Crippen LogP contribution in [-0.4, -0.2) is 26.6 Å². The summed E-state index contributed by atoms with van der Waals surface area (Å²) in [5.74, 6) is 0.878. The van der Waals surface area contributed by atoms with Gasteiger partial charge in [-0.15, -0.1) is 0 Å². The van der Waals surface area contributed by atoms with Crippen LogP contribution in [0.1, 0.15) is 32.5 Å². The number of rotatable bonds is 6. The number of nitrogens with zero attached hydrogens (tertiary/aromatic N) is 3. The molecule has 0 unspecified atom stereocenters. The van der Waals surface area contributed by atoms with Gasteiger partial charge in [0.05, 0.1) is 5.54 Å². The highest BCUT2D eigenvalue weighted by atomic mass is 16.6. The average molecular weight is 255 g/mol. The summed E-state index contributed by atoms with van der Waals surface area (Å²) in [6.45, 7) is 6.18. The lowest BCUT2D eigenvalue weighted by atomic mass is 9.93. The summed E-state index contributed by atoms with van der Waals surface area (Å²) < 4.78 is 1.69. The Labute approximate surface area is 107 Å². The summed E-state index contributed by atoms with van der Waals surface area (Å²) in [5.41, 5.74) is 5.47. The van der Waals surface area contributed by atoms with Crippen LogP contribution >= 0.6 is 0 Å². The van der Waals surface area contributed by atoms with Crippen LogP contribution in [-0.2, 0) is 7.05 Å². The van der Waals surface area contributed by atoms with Crippen LogP contribution in [0.3, 0.4) is 0 Å². The molecular formula is C11H21N5O2. The fourth-order valence-electron chi connectivity index (χ4n) is 1.88. The lowest BCUT2D eigenvalue weighted by molar-refractivity contribution is -0.388. The summed E-state index contributed by atoms with van der Waals surface area (Å²) in [5, 5.41) is 14.2. The number of hydrogen-bond acceptors (Lipinski definition) is 5. The molecule has 3 N–H and O–H groups in total. The minimum absolute atomic E-state index is 0.144. The molecule has 0 saturated heterocycles. The Balaban J connectivity index is 3.20. The van der Waals surface area contributed by atoms with Crippen LogP contribution in [0.25, 0.3) is 0 Å². The summed E-state index contributed by atoms with van der Waals surface area (Å²) in [4.78, 5) is 14.5. The molecule has 1 aromatic heterocycles. The van der Waals surface area contributed by atoms with Crippen molar-refractivity contribution in [3.8, 4) is 0 Å². The van der Waals surface area contributed by atoms with Crippen molar-refractivity contribution in [3.63, 3.8) is 0 Å². The van der Waals surface area contributed by atoms with E-state index in [1.807, 2.05) is 13.8 Å². The maximum Gasteiger partial charge on any atom is 0.406 e. The van der Waals surface area contributed by atoms with Crippen molar-refractivity contribution in [1.29, 1.82) is 0 Å². The molecule has 0 atom stereocenters. The van der Waals surface area contributed by atoms with Crippen LogP contribution in [0.5, 0.6) is 0 Å². The quantitative estimate of drug-likeness (QED) is 0.593. The molecule has 0 aliphatic carbocycles. The van der Waals surface area contributed by atoms with Crippen LogP contribution in [0.15, 0.2) is 0 Å². The summed E-state index contributed by atoms with van der Waals surface area (Å²) in [6, 6.07) is 0. The van der Waals surface area contributed by atoms with Crippen molar-refractivity contribution in [3.05, 3.63) is 15.9 Å². The molecule has 1 heterocycles. The van der Waals surface area contributed by atoms with Gasteiger partial charge in [-0.25, -0.2) is 0 Å². The Morgan fingerprint density at radius 1 is 1.50 bits per heavy atom. The second-order valence-electron chi connectivity index (χ2n) is 4.46. The molecule has 7 heteroatoms. The summed E-state index contributed by atoms with van der Waals surface area (Å²) in [6.07, 6.45) is 1.59. The van der Waals surface area contributed by atoms with Crippen molar-refractivity contribution in [2.75, 3.05) is 11.9 Å². The molecule has 1 rings (SSSR count). The van der Waals surface area contributed by atoms with E-state index in [1.165, 1.54) is 0 Å². The highest BCUT2D eigenvalue weighted by molar-refractivity contribution is 5.55. The Kier molecular flexibility index (Phi) is 4.28. The van der Waals surface area contributed by atoms with Gasteiger partial charge in [0.2, 0.25) is 11.6 Å². The van der Waals surface area contributed by atoms with E-state index in [1.54, 1.807) is 18.5 Å². The number of aryl methyl sites for hydroxylation is 1. The first-order chi connectivity index (χ1) is 8.40. The summed E-state index contributed by atoms with van der Waals surface area (Å²) >= 11 is 0. The van der Waals surface area contributed by atoms with E-state index in [4.69, 9.17) is 5.73 Å². The molecule has 0 aliphatic heterocycles. The van der Waals surface area contributed by atoms with Gasteiger partial charge >= 0.3 is 5.82 Å². The molecule has 18 heavy (non-hydrogen) atoms. The topological polar surface area (TPSA) is 99.0 Å². The lowest BCUT2D eigenvalue weighted by Gasteiger charge is -2.32. The average Bonchev–Trinajstić information content (AvgIpc) is 2.64. The molecule has 0 saturated carbocycles. The number of aromatic nitrogens is 2. The van der Waals surface area contributed by atoms with Gasteiger partial charge in [0.25, 0.3) is 0 Å². The zero-order chi connectivity index (χ0) is 13.9. The maximum absolute atomic E-state index is 11.0. The first-order valence-electron chi connectivity index (χ1n) is 6.06. The van der Waals surface area contributed by atoms with Gasteiger partial charge in [-0.1, -0.05) is 13.8 Å². The predicted molar refractivity (Wildman–Crippen MR) is 70.6 cm³/mol.